The number of amides is 1. The number of aromatic nitrogens is 3. The van der Waals surface area contributed by atoms with Crippen molar-refractivity contribution in [2.45, 2.75) is 57.0 Å². The first-order valence-corrected chi connectivity index (χ1v) is 8.66. The standard InChI is InChI=1S/C16H27N5O2/c1-20-14(19-21(2)16(20)23)9-11-5-3-4-6-13(11)17-10-12-7-8-15(22)18-12/h11-13,17H,3-10H2,1-2H3,(H,18,22)/t11-,12-,13-/m0/s1. The molecule has 0 radical (unpaired) electrons. The molecule has 2 fully saturated rings. The lowest BCUT2D eigenvalue weighted by atomic mass is 9.82. The van der Waals surface area contributed by atoms with Crippen LogP contribution in [-0.4, -0.2) is 38.9 Å². The predicted octanol–water partition coefficient (Wildman–Crippen LogP) is 0.0883. The number of carbonyl (C=O) groups excluding carboxylic acids is 1. The summed E-state index contributed by atoms with van der Waals surface area (Å²) in [6.45, 7) is 0.841. The van der Waals surface area contributed by atoms with Crippen molar-refractivity contribution in [3.05, 3.63) is 16.3 Å². The third-order valence-electron chi connectivity index (χ3n) is 5.28. The van der Waals surface area contributed by atoms with Gasteiger partial charge in [0.1, 0.15) is 5.82 Å². The van der Waals surface area contributed by atoms with E-state index >= 15 is 0 Å². The maximum atomic E-state index is 11.9. The number of aryl methyl sites for hydroxylation is 1. The monoisotopic (exact) mass is 321 g/mol. The van der Waals surface area contributed by atoms with E-state index in [1.165, 1.54) is 23.9 Å². The quantitative estimate of drug-likeness (QED) is 0.805. The molecule has 1 aromatic heterocycles. The van der Waals surface area contributed by atoms with Crippen LogP contribution in [0.3, 0.4) is 0 Å². The zero-order valence-corrected chi connectivity index (χ0v) is 14.0. The van der Waals surface area contributed by atoms with E-state index in [-0.39, 0.29) is 17.6 Å². The van der Waals surface area contributed by atoms with E-state index in [4.69, 9.17) is 0 Å². The molecule has 1 saturated heterocycles. The molecule has 0 spiro atoms. The van der Waals surface area contributed by atoms with Gasteiger partial charge >= 0.3 is 5.69 Å². The highest BCUT2D eigenvalue weighted by molar-refractivity contribution is 5.78. The largest absolute Gasteiger partial charge is 0.352 e. The zero-order valence-electron chi connectivity index (χ0n) is 14.0. The summed E-state index contributed by atoms with van der Waals surface area (Å²) in [5.74, 6) is 1.53. The van der Waals surface area contributed by atoms with E-state index in [0.717, 1.165) is 31.6 Å². The van der Waals surface area contributed by atoms with Gasteiger partial charge in [0.2, 0.25) is 5.91 Å². The van der Waals surface area contributed by atoms with Crippen LogP contribution in [0.15, 0.2) is 4.79 Å². The van der Waals surface area contributed by atoms with E-state index in [2.05, 4.69) is 15.7 Å². The van der Waals surface area contributed by atoms with Crippen LogP contribution in [0, 0.1) is 5.92 Å². The Morgan fingerprint density at radius 3 is 2.65 bits per heavy atom. The minimum absolute atomic E-state index is 0.0611. The number of nitrogens with zero attached hydrogens (tertiary/aromatic N) is 3. The third-order valence-corrected chi connectivity index (χ3v) is 5.28. The minimum Gasteiger partial charge on any atom is -0.352 e. The van der Waals surface area contributed by atoms with Gasteiger partial charge in [0.15, 0.2) is 0 Å². The average Bonchev–Trinajstić information content (AvgIpc) is 3.06. The molecule has 23 heavy (non-hydrogen) atoms. The topological polar surface area (TPSA) is 81.0 Å². The van der Waals surface area contributed by atoms with Crippen LogP contribution < -0.4 is 16.3 Å². The van der Waals surface area contributed by atoms with Gasteiger partial charge in [-0.2, -0.15) is 5.10 Å². The second kappa shape index (κ2) is 6.86. The molecule has 7 nitrogen and oxygen atoms in total. The molecular formula is C16H27N5O2. The zero-order chi connectivity index (χ0) is 16.4. The lowest BCUT2D eigenvalue weighted by Crippen LogP contribution is -2.45. The molecular weight excluding hydrogens is 294 g/mol. The van der Waals surface area contributed by atoms with Gasteiger partial charge < -0.3 is 10.6 Å². The van der Waals surface area contributed by atoms with Crippen molar-refractivity contribution in [1.82, 2.24) is 25.0 Å². The summed E-state index contributed by atoms with van der Waals surface area (Å²) >= 11 is 0. The minimum atomic E-state index is -0.0611. The Labute approximate surface area is 136 Å². The van der Waals surface area contributed by atoms with Gasteiger partial charge in [-0.3, -0.25) is 9.36 Å². The Balaban J connectivity index is 1.60. The van der Waals surface area contributed by atoms with Crippen molar-refractivity contribution >= 4 is 5.91 Å². The third kappa shape index (κ3) is 3.65. The molecule has 2 heterocycles. The Bertz CT molecular complexity index is 620. The molecule has 3 atom stereocenters. The molecule has 2 aliphatic rings. The molecule has 1 saturated carbocycles. The smallest absolute Gasteiger partial charge is 0.345 e. The van der Waals surface area contributed by atoms with Gasteiger partial charge in [-0.25, -0.2) is 9.48 Å². The Morgan fingerprint density at radius 2 is 2.00 bits per heavy atom. The molecule has 3 rings (SSSR count). The van der Waals surface area contributed by atoms with Crippen molar-refractivity contribution in [3.63, 3.8) is 0 Å². The van der Waals surface area contributed by atoms with Crippen molar-refractivity contribution in [2.75, 3.05) is 6.54 Å². The fourth-order valence-electron chi connectivity index (χ4n) is 3.87. The molecule has 0 unspecified atom stereocenters. The lowest BCUT2D eigenvalue weighted by Gasteiger charge is -2.33. The van der Waals surface area contributed by atoms with E-state index in [1.807, 2.05) is 0 Å². The highest BCUT2D eigenvalue weighted by Gasteiger charge is 2.28. The van der Waals surface area contributed by atoms with Crippen molar-refractivity contribution in [3.8, 4) is 0 Å². The van der Waals surface area contributed by atoms with E-state index < -0.39 is 0 Å². The molecule has 1 amide bonds. The number of hydrogen-bond acceptors (Lipinski definition) is 4. The Kier molecular flexibility index (Phi) is 4.84. The summed E-state index contributed by atoms with van der Waals surface area (Å²) in [6.07, 6.45) is 7.22. The van der Waals surface area contributed by atoms with Gasteiger partial charge in [0.05, 0.1) is 0 Å². The van der Waals surface area contributed by atoms with Crippen molar-refractivity contribution in [1.29, 1.82) is 0 Å². The average molecular weight is 321 g/mol. The van der Waals surface area contributed by atoms with Crippen LogP contribution in [0.25, 0.3) is 0 Å². The maximum Gasteiger partial charge on any atom is 0.345 e. The van der Waals surface area contributed by atoms with Gasteiger partial charge in [-0.05, 0) is 25.2 Å². The molecule has 1 aromatic rings. The second-order valence-electron chi connectivity index (χ2n) is 6.95. The number of rotatable bonds is 5. The van der Waals surface area contributed by atoms with Crippen molar-refractivity contribution in [2.24, 2.45) is 20.0 Å². The number of nitrogens with one attached hydrogen (secondary N) is 2. The molecule has 0 bridgehead atoms. The molecule has 1 aliphatic carbocycles. The molecule has 7 heteroatoms. The summed E-state index contributed by atoms with van der Waals surface area (Å²) < 4.78 is 3.07. The summed E-state index contributed by atoms with van der Waals surface area (Å²) in [5.41, 5.74) is -0.0611. The van der Waals surface area contributed by atoms with Gasteiger partial charge in [-0.1, -0.05) is 12.8 Å². The Hall–Kier alpha value is -1.63. The molecule has 0 aromatic carbocycles. The predicted molar refractivity (Wildman–Crippen MR) is 87.1 cm³/mol. The van der Waals surface area contributed by atoms with E-state index in [1.54, 1.807) is 18.7 Å². The van der Waals surface area contributed by atoms with Crippen LogP contribution in [-0.2, 0) is 25.3 Å². The summed E-state index contributed by atoms with van der Waals surface area (Å²) in [7, 11) is 3.50. The molecule has 1 aliphatic heterocycles. The first kappa shape index (κ1) is 16.2. The van der Waals surface area contributed by atoms with Gasteiger partial charge in [-0.15, -0.1) is 0 Å². The fraction of sp³-hybridized carbons (Fsp3) is 0.812. The fourth-order valence-corrected chi connectivity index (χ4v) is 3.87. The van der Waals surface area contributed by atoms with Crippen molar-refractivity contribution < 1.29 is 4.79 Å². The first-order valence-electron chi connectivity index (χ1n) is 8.66. The van der Waals surface area contributed by atoms with Crippen LogP contribution in [0.4, 0.5) is 0 Å². The maximum absolute atomic E-state index is 11.9. The van der Waals surface area contributed by atoms with Gasteiger partial charge in [0.25, 0.3) is 0 Å². The summed E-state index contributed by atoms with van der Waals surface area (Å²) in [4.78, 5) is 23.2. The van der Waals surface area contributed by atoms with Gasteiger partial charge in [0, 0.05) is 45.6 Å². The van der Waals surface area contributed by atoms with Crippen LogP contribution >= 0.6 is 0 Å². The number of hydrogen-bond donors (Lipinski definition) is 2. The highest BCUT2D eigenvalue weighted by atomic mass is 16.2. The SMILES string of the molecule is Cn1nc(C[C@@H]2CCCC[C@@H]2NC[C@@H]2CCC(=O)N2)n(C)c1=O. The van der Waals surface area contributed by atoms with Crippen LogP contribution in [0.5, 0.6) is 0 Å². The van der Waals surface area contributed by atoms with Crippen LogP contribution in [0.1, 0.15) is 44.3 Å². The Morgan fingerprint density at radius 1 is 1.22 bits per heavy atom. The van der Waals surface area contributed by atoms with Crippen LogP contribution in [0.2, 0.25) is 0 Å². The molecule has 2 N–H and O–H groups in total. The van der Waals surface area contributed by atoms with E-state index in [0.29, 0.717) is 18.4 Å². The normalized spacial score (nSPS) is 28.1. The number of carbonyl (C=O) groups is 1. The highest BCUT2D eigenvalue weighted by Crippen LogP contribution is 2.27. The molecule has 128 valence electrons. The summed E-state index contributed by atoms with van der Waals surface area (Å²) in [6, 6.07) is 0.711. The first-order chi connectivity index (χ1) is 11.0. The lowest BCUT2D eigenvalue weighted by molar-refractivity contribution is -0.119. The second-order valence-corrected chi connectivity index (χ2v) is 6.95. The summed E-state index contributed by atoms with van der Waals surface area (Å²) in [5, 5.41) is 11.0. The van der Waals surface area contributed by atoms with E-state index in [9.17, 15) is 9.59 Å².